The summed E-state index contributed by atoms with van der Waals surface area (Å²) in [6.07, 6.45) is 3.04. The Hall–Kier alpha value is -1.55. The maximum atomic E-state index is 11.7. The SMILES string of the molecule is CC.O=C(c1ccccc1)n1cnc(S)c1. The summed E-state index contributed by atoms with van der Waals surface area (Å²) < 4.78 is 1.41. The van der Waals surface area contributed by atoms with Gasteiger partial charge in [-0.15, -0.1) is 12.6 Å². The average molecular weight is 234 g/mol. The van der Waals surface area contributed by atoms with Gasteiger partial charge in [-0.1, -0.05) is 32.0 Å². The summed E-state index contributed by atoms with van der Waals surface area (Å²) in [5.41, 5.74) is 0.637. The molecule has 0 radical (unpaired) electrons. The van der Waals surface area contributed by atoms with Crippen LogP contribution in [0.5, 0.6) is 0 Å². The van der Waals surface area contributed by atoms with Crippen LogP contribution in [0.1, 0.15) is 24.2 Å². The van der Waals surface area contributed by atoms with Gasteiger partial charge in [0.15, 0.2) is 0 Å². The second-order valence-corrected chi connectivity index (χ2v) is 3.27. The number of carbonyl (C=O) groups is 1. The van der Waals surface area contributed by atoms with Crippen molar-refractivity contribution in [1.82, 2.24) is 9.55 Å². The molecular formula is C12H14N2OS. The van der Waals surface area contributed by atoms with Crippen LogP contribution in [0.25, 0.3) is 0 Å². The van der Waals surface area contributed by atoms with E-state index in [2.05, 4.69) is 17.6 Å². The molecule has 2 rings (SSSR count). The van der Waals surface area contributed by atoms with E-state index in [4.69, 9.17) is 0 Å². The van der Waals surface area contributed by atoms with Crippen molar-refractivity contribution in [2.24, 2.45) is 0 Å². The maximum absolute atomic E-state index is 11.7. The average Bonchev–Trinajstić information content (AvgIpc) is 2.79. The Balaban J connectivity index is 0.000000606. The lowest BCUT2D eigenvalue weighted by molar-refractivity contribution is 0.0959. The van der Waals surface area contributed by atoms with E-state index in [-0.39, 0.29) is 5.91 Å². The van der Waals surface area contributed by atoms with Gasteiger partial charge in [0.2, 0.25) is 0 Å². The number of nitrogens with zero attached hydrogens (tertiary/aromatic N) is 2. The summed E-state index contributed by atoms with van der Waals surface area (Å²) >= 11 is 4.03. The van der Waals surface area contributed by atoms with Gasteiger partial charge in [-0.2, -0.15) is 0 Å². The molecule has 1 aromatic carbocycles. The summed E-state index contributed by atoms with van der Waals surface area (Å²) in [5.74, 6) is -0.0987. The van der Waals surface area contributed by atoms with Gasteiger partial charge in [0, 0.05) is 11.8 Å². The van der Waals surface area contributed by atoms with E-state index in [9.17, 15) is 4.79 Å². The summed E-state index contributed by atoms with van der Waals surface area (Å²) in [7, 11) is 0. The van der Waals surface area contributed by atoms with Crippen LogP contribution in [0.2, 0.25) is 0 Å². The van der Waals surface area contributed by atoms with Crippen LogP contribution in [-0.2, 0) is 0 Å². The highest BCUT2D eigenvalue weighted by Gasteiger charge is 2.07. The third kappa shape index (κ3) is 2.97. The predicted molar refractivity (Wildman–Crippen MR) is 67.0 cm³/mol. The number of rotatable bonds is 1. The van der Waals surface area contributed by atoms with Gasteiger partial charge in [-0.3, -0.25) is 9.36 Å². The second-order valence-electron chi connectivity index (χ2n) is 2.81. The van der Waals surface area contributed by atoms with Gasteiger partial charge in [-0.05, 0) is 12.1 Å². The van der Waals surface area contributed by atoms with Crippen LogP contribution in [0.4, 0.5) is 0 Å². The number of benzene rings is 1. The molecule has 0 N–H and O–H groups in total. The van der Waals surface area contributed by atoms with Crippen LogP contribution >= 0.6 is 12.6 Å². The molecule has 0 fully saturated rings. The third-order valence-corrected chi connectivity index (χ3v) is 2.06. The standard InChI is InChI=1S/C10H8N2OS.C2H6/c13-10(8-4-2-1-3-5-8)12-6-9(14)11-7-12;1-2/h1-7,14H;1-2H3. The maximum Gasteiger partial charge on any atom is 0.263 e. The van der Waals surface area contributed by atoms with Crippen molar-refractivity contribution in [1.29, 1.82) is 0 Å². The molecule has 16 heavy (non-hydrogen) atoms. The van der Waals surface area contributed by atoms with E-state index in [0.29, 0.717) is 10.6 Å². The molecule has 0 atom stereocenters. The first kappa shape index (κ1) is 12.5. The molecule has 0 saturated heterocycles. The highest BCUT2D eigenvalue weighted by atomic mass is 32.1. The predicted octanol–water partition coefficient (Wildman–Crippen LogP) is 2.89. The van der Waals surface area contributed by atoms with Crippen LogP contribution < -0.4 is 0 Å². The Labute approximate surface area is 101 Å². The van der Waals surface area contributed by atoms with Crippen molar-refractivity contribution in [3.8, 4) is 0 Å². The van der Waals surface area contributed by atoms with Crippen LogP contribution in [0.15, 0.2) is 47.9 Å². The first-order valence-electron chi connectivity index (χ1n) is 5.10. The quantitative estimate of drug-likeness (QED) is 0.770. The van der Waals surface area contributed by atoms with Crippen LogP contribution in [0.3, 0.4) is 0 Å². The number of hydrogen-bond acceptors (Lipinski definition) is 3. The number of imidazole rings is 1. The zero-order chi connectivity index (χ0) is 12.0. The molecular weight excluding hydrogens is 220 g/mol. The molecule has 1 heterocycles. The van der Waals surface area contributed by atoms with Gasteiger partial charge in [0.05, 0.1) is 0 Å². The Morgan fingerprint density at radius 1 is 1.25 bits per heavy atom. The highest BCUT2D eigenvalue weighted by Crippen LogP contribution is 2.05. The Morgan fingerprint density at radius 2 is 1.88 bits per heavy atom. The van der Waals surface area contributed by atoms with E-state index >= 15 is 0 Å². The van der Waals surface area contributed by atoms with Crippen molar-refractivity contribution >= 4 is 18.5 Å². The van der Waals surface area contributed by atoms with E-state index < -0.39 is 0 Å². The largest absolute Gasteiger partial charge is 0.271 e. The molecule has 4 heteroatoms. The number of hydrogen-bond donors (Lipinski definition) is 1. The van der Waals surface area contributed by atoms with Gasteiger partial charge >= 0.3 is 0 Å². The first-order chi connectivity index (χ1) is 7.77. The molecule has 0 aliphatic carbocycles. The van der Waals surface area contributed by atoms with Crippen molar-refractivity contribution in [3.05, 3.63) is 48.4 Å². The summed E-state index contributed by atoms with van der Waals surface area (Å²) in [4.78, 5) is 15.6. The fourth-order valence-electron chi connectivity index (χ4n) is 1.15. The second kappa shape index (κ2) is 6.12. The minimum absolute atomic E-state index is 0.0987. The normalized spacial score (nSPS) is 9.19. The molecule has 0 saturated carbocycles. The molecule has 0 aliphatic heterocycles. The monoisotopic (exact) mass is 234 g/mol. The van der Waals surface area contributed by atoms with E-state index in [0.717, 1.165) is 0 Å². The van der Waals surface area contributed by atoms with E-state index in [1.165, 1.54) is 10.9 Å². The van der Waals surface area contributed by atoms with Crippen molar-refractivity contribution in [2.75, 3.05) is 0 Å². The Kier molecular flexibility index (Phi) is 4.79. The molecule has 3 nitrogen and oxygen atoms in total. The number of aromatic nitrogens is 2. The summed E-state index contributed by atoms with van der Waals surface area (Å²) in [6, 6.07) is 9.05. The number of thiol groups is 1. The molecule has 0 amide bonds. The Bertz CT molecular complexity index is 451. The lowest BCUT2D eigenvalue weighted by atomic mass is 10.2. The van der Waals surface area contributed by atoms with Gasteiger partial charge in [0.1, 0.15) is 11.4 Å². The smallest absolute Gasteiger partial charge is 0.263 e. The number of carbonyl (C=O) groups excluding carboxylic acids is 1. The molecule has 0 aliphatic rings. The highest BCUT2D eigenvalue weighted by molar-refractivity contribution is 7.80. The molecule has 0 unspecified atom stereocenters. The van der Waals surface area contributed by atoms with Gasteiger partial charge in [-0.25, -0.2) is 4.98 Å². The zero-order valence-electron chi connectivity index (χ0n) is 9.29. The minimum Gasteiger partial charge on any atom is -0.271 e. The molecule has 2 aromatic rings. The molecule has 0 bridgehead atoms. The minimum atomic E-state index is -0.0987. The van der Waals surface area contributed by atoms with Crippen molar-refractivity contribution in [2.45, 2.75) is 18.9 Å². The lowest BCUT2D eigenvalue weighted by Crippen LogP contribution is -2.09. The first-order valence-corrected chi connectivity index (χ1v) is 5.55. The van der Waals surface area contributed by atoms with Gasteiger partial charge in [0.25, 0.3) is 5.91 Å². The topological polar surface area (TPSA) is 34.9 Å². The molecule has 0 spiro atoms. The molecule has 84 valence electrons. The van der Waals surface area contributed by atoms with Crippen molar-refractivity contribution in [3.63, 3.8) is 0 Å². The summed E-state index contributed by atoms with van der Waals surface area (Å²) in [5, 5.41) is 0.536. The fourth-order valence-corrected chi connectivity index (χ4v) is 1.33. The fraction of sp³-hybridized carbons (Fsp3) is 0.167. The van der Waals surface area contributed by atoms with Crippen molar-refractivity contribution < 1.29 is 4.79 Å². The van der Waals surface area contributed by atoms with Crippen LogP contribution in [-0.4, -0.2) is 15.5 Å². The lowest BCUT2D eigenvalue weighted by Gasteiger charge is -1.99. The van der Waals surface area contributed by atoms with Gasteiger partial charge < -0.3 is 0 Å². The molecule has 1 aromatic heterocycles. The van der Waals surface area contributed by atoms with E-state index in [1.54, 1.807) is 18.3 Å². The zero-order valence-corrected chi connectivity index (χ0v) is 10.2. The third-order valence-electron chi connectivity index (χ3n) is 1.82. The Morgan fingerprint density at radius 3 is 2.38 bits per heavy atom. The van der Waals surface area contributed by atoms with E-state index in [1.807, 2.05) is 32.0 Å². The summed E-state index contributed by atoms with van der Waals surface area (Å²) in [6.45, 7) is 4.00. The van der Waals surface area contributed by atoms with Crippen LogP contribution in [0, 0.1) is 0 Å².